The second kappa shape index (κ2) is 23.0. The summed E-state index contributed by atoms with van der Waals surface area (Å²) >= 11 is 0. The van der Waals surface area contributed by atoms with Gasteiger partial charge in [0.05, 0.1) is 48.3 Å². The van der Waals surface area contributed by atoms with E-state index in [0.29, 0.717) is 70.1 Å². The standard InChI is InChI=1S/C55H78N6O12/c1-11-37-16-25-71-54(10)52(68)42-40-41(48(66)36(9)51(42)73-54)49(67)45(44-43(40)58-55(59-44)17-21-61(22-18-55)29-30(2)3)57-53(69)32(5)15-12-14-31(4)46(64)34(7)47(65)35(8)50(33(37)6)72-39(63)28-38(62)56-19-13-20-60-23-26-70-27-24-60/h12,14-16,25,30-31,33-35,37,46-47,50,58,64-67H,11,13,17-24,26-29H2,1-10H3,(H,56,62)/b14-12+,25-16+,32-15-,57-45?/t31-,33+,34+,35+,37-,46-,47+,50+,54-/m0/s1. The van der Waals surface area contributed by atoms with Crippen LogP contribution in [0.5, 0.6) is 17.2 Å². The highest BCUT2D eigenvalue weighted by atomic mass is 16.7. The van der Waals surface area contributed by atoms with Crippen LogP contribution in [0.25, 0.3) is 10.8 Å². The van der Waals surface area contributed by atoms with Crippen molar-refractivity contribution in [1.82, 2.24) is 15.1 Å². The number of hydrogen-bond donors (Lipinski definition) is 6. The largest absolute Gasteiger partial charge is 0.507 e. The Labute approximate surface area is 428 Å². The highest BCUT2D eigenvalue weighted by Crippen LogP contribution is 2.51. The number of piperidine rings is 1. The number of hydrogen-bond acceptors (Lipinski definition) is 16. The molecule has 0 saturated carbocycles. The summed E-state index contributed by atoms with van der Waals surface area (Å²) in [6, 6.07) is 0. The second-order valence-electron chi connectivity index (χ2n) is 21.6. The molecule has 0 aromatic heterocycles. The Hall–Kier alpha value is -5.40. The highest BCUT2D eigenvalue weighted by Gasteiger charge is 2.51. The van der Waals surface area contributed by atoms with Crippen molar-refractivity contribution in [1.29, 1.82) is 0 Å². The van der Waals surface area contributed by atoms with E-state index < -0.39 is 89.2 Å². The predicted molar refractivity (Wildman–Crippen MR) is 275 cm³/mol. The van der Waals surface area contributed by atoms with Crippen molar-refractivity contribution in [3.8, 4) is 17.2 Å². The van der Waals surface area contributed by atoms with E-state index in [0.717, 1.165) is 26.2 Å². The maximum absolute atomic E-state index is 15.0. The number of esters is 1. The predicted octanol–water partition coefficient (Wildman–Crippen LogP) is 4.97. The van der Waals surface area contributed by atoms with E-state index in [2.05, 4.69) is 39.3 Å². The summed E-state index contributed by atoms with van der Waals surface area (Å²) in [5.41, 5.74) is -0.143. The molecule has 18 nitrogen and oxygen atoms in total. The molecule has 2 aromatic carbocycles. The number of rotatable bonds is 10. The molecular formula is C55H78N6O12. The van der Waals surface area contributed by atoms with Gasteiger partial charge < -0.3 is 54.9 Å². The molecular weight excluding hydrogens is 937 g/mol. The summed E-state index contributed by atoms with van der Waals surface area (Å²) in [5, 5.41) is 54.3. The first-order chi connectivity index (χ1) is 34.6. The van der Waals surface area contributed by atoms with Gasteiger partial charge in [-0.2, -0.15) is 0 Å². The average Bonchev–Trinajstić information content (AvgIpc) is 3.86. The number of ether oxygens (including phenoxy) is 4. The summed E-state index contributed by atoms with van der Waals surface area (Å²) in [4.78, 5) is 69.9. The molecule has 2 amide bonds. The van der Waals surface area contributed by atoms with Crippen LogP contribution in [-0.4, -0.2) is 143 Å². The van der Waals surface area contributed by atoms with Crippen LogP contribution in [0.4, 0.5) is 5.69 Å². The van der Waals surface area contributed by atoms with Gasteiger partial charge in [-0.3, -0.25) is 29.1 Å². The molecule has 2 aromatic rings. The number of ketones is 1. The normalized spacial score (nSPS) is 30.7. The molecule has 6 heterocycles. The lowest BCUT2D eigenvalue weighted by Gasteiger charge is -2.38. The van der Waals surface area contributed by atoms with Gasteiger partial charge in [0, 0.05) is 93.3 Å². The summed E-state index contributed by atoms with van der Waals surface area (Å²) < 4.78 is 24.2. The van der Waals surface area contributed by atoms with E-state index in [1.807, 2.05) is 13.8 Å². The van der Waals surface area contributed by atoms with E-state index in [9.17, 15) is 39.6 Å². The minimum atomic E-state index is -1.96. The van der Waals surface area contributed by atoms with Gasteiger partial charge in [0.25, 0.3) is 11.7 Å². The number of fused-ring (bicyclic) bond motifs is 13. The lowest BCUT2D eigenvalue weighted by molar-refractivity contribution is -0.162. The average molecular weight is 1020 g/mol. The number of morpholine rings is 1. The van der Waals surface area contributed by atoms with Crippen molar-refractivity contribution >= 4 is 40.0 Å². The number of nitrogens with zero attached hydrogens (tertiary/aromatic N) is 4. The lowest BCUT2D eigenvalue weighted by atomic mass is 9.76. The number of carbonyl (C=O) groups is 4. The minimum Gasteiger partial charge on any atom is -0.507 e. The van der Waals surface area contributed by atoms with Crippen LogP contribution in [0.3, 0.4) is 0 Å². The fourth-order valence-corrected chi connectivity index (χ4v) is 11.1. The Morgan fingerprint density at radius 2 is 1.63 bits per heavy atom. The Kier molecular flexibility index (Phi) is 17.4. The fraction of sp³-hybridized carbons (Fsp3) is 0.636. The smallest absolute Gasteiger partial charge is 0.315 e. The molecule has 6 aliphatic rings. The maximum atomic E-state index is 15.0. The van der Waals surface area contributed by atoms with Crippen LogP contribution < -0.4 is 26.1 Å². The van der Waals surface area contributed by atoms with E-state index in [1.165, 1.54) is 19.3 Å². The van der Waals surface area contributed by atoms with Crippen LogP contribution in [0.1, 0.15) is 110 Å². The molecule has 400 valence electrons. The number of benzene rings is 2. The maximum Gasteiger partial charge on any atom is 0.315 e. The highest BCUT2D eigenvalue weighted by molar-refractivity contribution is 6.21. The fourth-order valence-electron chi connectivity index (χ4n) is 11.1. The second-order valence-corrected chi connectivity index (χ2v) is 21.6. The third-order valence-electron chi connectivity index (χ3n) is 15.7. The van der Waals surface area contributed by atoms with Gasteiger partial charge in [-0.25, -0.2) is 4.99 Å². The van der Waals surface area contributed by atoms with Gasteiger partial charge >= 0.3 is 11.8 Å². The molecule has 0 unspecified atom stereocenters. The van der Waals surface area contributed by atoms with Crippen molar-refractivity contribution < 1.29 is 58.6 Å². The van der Waals surface area contributed by atoms with Crippen LogP contribution in [0.15, 0.2) is 46.1 Å². The zero-order valence-electron chi connectivity index (χ0n) is 44.3. The Balaban J connectivity index is 1.26. The third kappa shape index (κ3) is 11.8. The number of aromatic hydroxyl groups is 2. The lowest BCUT2D eigenvalue weighted by Crippen LogP contribution is -2.47. The van der Waals surface area contributed by atoms with Crippen LogP contribution in [0.2, 0.25) is 0 Å². The Bertz CT molecular complexity index is 2640. The summed E-state index contributed by atoms with van der Waals surface area (Å²) in [5.74, 6) is -7.77. The zero-order valence-corrected chi connectivity index (χ0v) is 44.3. The van der Waals surface area contributed by atoms with Crippen LogP contribution in [-0.2, 0) is 28.6 Å². The van der Waals surface area contributed by atoms with Crippen molar-refractivity contribution in [2.45, 2.75) is 131 Å². The molecule has 9 atom stereocenters. The Morgan fingerprint density at radius 1 is 0.932 bits per heavy atom. The molecule has 2 saturated heterocycles. The van der Waals surface area contributed by atoms with Gasteiger partial charge in [0.15, 0.2) is 5.75 Å². The van der Waals surface area contributed by atoms with Crippen molar-refractivity contribution in [3.05, 3.63) is 58.0 Å². The summed E-state index contributed by atoms with van der Waals surface area (Å²) in [6.07, 6.45) is 6.56. The molecule has 1 spiro atoms. The third-order valence-corrected chi connectivity index (χ3v) is 15.7. The van der Waals surface area contributed by atoms with Gasteiger partial charge in [-0.15, -0.1) is 0 Å². The first-order valence-electron chi connectivity index (χ1n) is 26.2. The van der Waals surface area contributed by atoms with E-state index in [1.54, 1.807) is 52.8 Å². The quantitative estimate of drug-likeness (QED) is 0.0797. The number of allylic oxidation sites excluding steroid dienone is 3. The first kappa shape index (κ1) is 55.4. The number of amides is 2. The molecule has 6 aliphatic heterocycles. The Morgan fingerprint density at radius 3 is 2.30 bits per heavy atom. The van der Waals surface area contributed by atoms with E-state index in [-0.39, 0.29) is 55.6 Å². The molecule has 2 fully saturated rings. The van der Waals surface area contributed by atoms with Gasteiger partial charge in [-0.1, -0.05) is 66.7 Å². The number of likely N-dealkylation sites (tertiary alicyclic amines) is 1. The minimum absolute atomic E-state index is 0.0556. The number of aliphatic hydroxyl groups excluding tert-OH is 2. The molecule has 0 aliphatic carbocycles. The van der Waals surface area contributed by atoms with Crippen LogP contribution in [0, 0.1) is 42.4 Å². The monoisotopic (exact) mass is 1010 g/mol. The summed E-state index contributed by atoms with van der Waals surface area (Å²) in [6.45, 7) is 24.5. The molecule has 5 bridgehead atoms. The van der Waals surface area contributed by atoms with Crippen molar-refractivity contribution in [2.24, 2.45) is 45.5 Å². The van der Waals surface area contributed by atoms with E-state index in [4.69, 9.17) is 23.9 Å². The van der Waals surface area contributed by atoms with E-state index >= 15 is 0 Å². The number of phenolic OH excluding ortho intramolecular Hbond substituents is 2. The number of Topliss-reactive ketones (excluding diaryl/α,β-unsaturated/α-hetero) is 1. The SMILES string of the molecule is CC[C@H]1/C=C/O[C@@]2(C)Oc3c(C)c(O)c4c(O)c(c5c(c4c3C2=O)NC2(CCN(CC(C)C)CC2)N=5)=NC(=O)/C(C)=C\C=C\[C@H](C)[C@H](O)[C@@H](C)[C@@H](O)[C@@H](C)[C@H](OC(=O)CC(=O)NCCCN2CCOCC2)[C@@H]1C. The number of nitrogens with one attached hydrogen (secondary N) is 2. The van der Waals surface area contributed by atoms with Gasteiger partial charge in [0.2, 0.25) is 5.91 Å². The number of carbonyl (C=O) groups excluding carboxylic acids is 4. The molecule has 73 heavy (non-hydrogen) atoms. The first-order valence-corrected chi connectivity index (χ1v) is 26.2. The topological polar surface area (TPSA) is 241 Å². The van der Waals surface area contributed by atoms with Crippen molar-refractivity contribution in [2.75, 3.05) is 64.3 Å². The van der Waals surface area contributed by atoms with Crippen LogP contribution >= 0.6 is 0 Å². The molecule has 18 heteroatoms. The van der Waals surface area contributed by atoms with Gasteiger partial charge in [-0.05, 0) is 57.1 Å². The molecule has 0 radical (unpaired) electrons. The van der Waals surface area contributed by atoms with Gasteiger partial charge in [0.1, 0.15) is 40.4 Å². The molecule has 8 rings (SSSR count). The molecule has 6 N–H and O–H groups in total. The zero-order chi connectivity index (χ0) is 53.1. The van der Waals surface area contributed by atoms with Crippen molar-refractivity contribution in [3.63, 3.8) is 0 Å². The summed E-state index contributed by atoms with van der Waals surface area (Å²) in [7, 11) is 0. The number of anilines is 1. The number of aliphatic hydroxyl groups is 2. The number of phenols is 2.